The maximum atomic E-state index is 12.9. The first-order valence-corrected chi connectivity index (χ1v) is 9.08. The van der Waals surface area contributed by atoms with Gasteiger partial charge in [-0.2, -0.15) is 0 Å². The van der Waals surface area contributed by atoms with E-state index in [2.05, 4.69) is 4.72 Å². The maximum absolute atomic E-state index is 12.9. The van der Waals surface area contributed by atoms with Crippen LogP contribution in [0.25, 0.3) is 0 Å². The normalized spacial score (nSPS) is 11.2. The van der Waals surface area contributed by atoms with Crippen molar-refractivity contribution in [2.24, 2.45) is 0 Å². The van der Waals surface area contributed by atoms with Crippen molar-refractivity contribution in [1.29, 1.82) is 0 Å². The van der Waals surface area contributed by atoms with Crippen LogP contribution in [0.3, 0.4) is 0 Å². The Morgan fingerprint density at radius 1 is 0.800 bits per heavy atom. The van der Waals surface area contributed by atoms with Gasteiger partial charge in [0, 0.05) is 6.54 Å². The highest BCUT2D eigenvalue weighted by Gasteiger charge is 2.13. The number of ether oxygens (including phenoxy) is 1. The number of sulfonamides is 1. The van der Waals surface area contributed by atoms with Gasteiger partial charge >= 0.3 is 0 Å². The first kappa shape index (κ1) is 17.1. The van der Waals surface area contributed by atoms with Crippen LogP contribution in [0.2, 0.25) is 0 Å². The fourth-order valence-corrected chi connectivity index (χ4v) is 3.19. The van der Waals surface area contributed by atoms with Gasteiger partial charge in [-0.1, -0.05) is 30.3 Å². The molecule has 4 nitrogen and oxygen atoms in total. The second-order valence-electron chi connectivity index (χ2n) is 5.34. The first-order chi connectivity index (χ1) is 12.0. The zero-order valence-electron chi connectivity index (χ0n) is 13.2. The number of nitrogens with one attached hydrogen (secondary N) is 1. The van der Waals surface area contributed by atoms with Crippen LogP contribution in [-0.2, 0) is 16.6 Å². The standard InChI is InChI=1S/C19H16FNO3S/c20-16-8-6-15(7-9-16)14-21-25(22,23)19-12-10-18(11-13-19)24-17-4-2-1-3-5-17/h1-13,21H,14H2. The zero-order valence-corrected chi connectivity index (χ0v) is 14.0. The molecule has 0 amide bonds. The van der Waals surface area contributed by atoms with E-state index < -0.39 is 10.0 Å². The van der Waals surface area contributed by atoms with Gasteiger partial charge < -0.3 is 4.74 Å². The average molecular weight is 357 g/mol. The lowest BCUT2D eigenvalue weighted by molar-refractivity contribution is 0.482. The van der Waals surface area contributed by atoms with Crippen molar-refractivity contribution in [3.05, 3.63) is 90.2 Å². The van der Waals surface area contributed by atoms with Gasteiger partial charge in [-0.25, -0.2) is 17.5 Å². The molecule has 0 fully saturated rings. The Morgan fingerprint density at radius 3 is 2.04 bits per heavy atom. The van der Waals surface area contributed by atoms with E-state index >= 15 is 0 Å². The Morgan fingerprint density at radius 2 is 1.40 bits per heavy atom. The Balaban J connectivity index is 1.66. The van der Waals surface area contributed by atoms with E-state index in [0.29, 0.717) is 17.1 Å². The van der Waals surface area contributed by atoms with Gasteiger partial charge in [0.1, 0.15) is 17.3 Å². The average Bonchev–Trinajstić information content (AvgIpc) is 2.63. The van der Waals surface area contributed by atoms with Crippen molar-refractivity contribution in [3.63, 3.8) is 0 Å². The maximum Gasteiger partial charge on any atom is 0.240 e. The summed E-state index contributed by atoms with van der Waals surface area (Å²) in [6, 6.07) is 21.0. The molecule has 0 heterocycles. The summed E-state index contributed by atoms with van der Waals surface area (Å²) in [7, 11) is -3.66. The van der Waals surface area contributed by atoms with Crippen LogP contribution in [0, 0.1) is 5.82 Å². The van der Waals surface area contributed by atoms with Crippen LogP contribution in [0.1, 0.15) is 5.56 Å². The molecule has 0 aliphatic rings. The molecule has 0 spiro atoms. The lowest BCUT2D eigenvalue weighted by atomic mass is 10.2. The Bertz CT molecular complexity index is 925. The molecule has 25 heavy (non-hydrogen) atoms. The summed E-state index contributed by atoms with van der Waals surface area (Å²) in [5.74, 6) is 0.858. The topological polar surface area (TPSA) is 55.4 Å². The molecule has 0 aliphatic carbocycles. The summed E-state index contributed by atoms with van der Waals surface area (Å²) in [5.41, 5.74) is 0.675. The number of hydrogen-bond acceptors (Lipinski definition) is 3. The van der Waals surface area contributed by atoms with Gasteiger partial charge in [0.05, 0.1) is 4.90 Å². The molecule has 0 radical (unpaired) electrons. The van der Waals surface area contributed by atoms with E-state index in [1.807, 2.05) is 30.3 Å². The smallest absolute Gasteiger partial charge is 0.240 e. The van der Waals surface area contributed by atoms with Crippen molar-refractivity contribution in [1.82, 2.24) is 4.72 Å². The molecule has 0 bridgehead atoms. The number of halogens is 1. The SMILES string of the molecule is O=S(=O)(NCc1ccc(F)cc1)c1ccc(Oc2ccccc2)cc1. The molecule has 0 aromatic heterocycles. The second-order valence-corrected chi connectivity index (χ2v) is 7.10. The third-order valence-electron chi connectivity index (χ3n) is 3.49. The third kappa shape index (κ3) is 4.65. The molecule has 0 unspecified atom stereocenters. The molecule has 3 aromatic rings. The number of hydrogen-bond donors (Lipinski definition) is 1. The largest absolute Gasteiger partial charge is 0.457 e. The lowest BCUT2D eigenvalue weighted by Crippen LogP contribution is -2.23. The van der Waals surface area contributed by atoms with E-state index in [1.54, 1.807) is 12.1 Å². The first-order valence-electron chi connectivity index (χ1n) is 7.60. The molecule has 0 saturated carbocycles. The summed E-state index contributed by atoms with van der Waals surface area (Å²) in [6.45, 7) is 0.0882. The molecule has 6 heteroatoms. The molecule has 128 valence electrons. The predicted octanol–water partition coefficient (Wildman–Crippen LogP) is 4.10. The fourth-order valence-electron chi connectivity index (χ4n) is 2.18. The summed E-state index contributed by atoms with van der Waals surface area (Å²) in [5, 5.41) is 0. The summed E-state index contributed by atoms with van der Waals surface area (Å²) >= 11 is 0. The van der Waals surface area contributed by atoms with E-state index in [-0.39, 0.29) is 17.3 Å². The number of benzene rings is 3. The summed E-state index contributed by atoms with van der Waals surface area (Å²) < 4.78 is 45.6. The van der Waals surface area contributed by atoms with Gasteiger partial charge in [0.25, 0.3) is 0 Å². The molecule has 3 rings (SSSR count). The predicted molar refractivity (Wildman–Crippen MR) is 93.4 cm³/mol. The monoisotopic (exact) mass is 357 g/mol. The molecular formula is C19H16FNO3S. The third-order valence-corrected chi connectivity index (χ3v) is 4.91. The summed E-state index contributed by atoms with van der Waals surface area (Å²) in [6.07, 6.45) is 0. The number of rotatable bonds is 6. The van der Waals surface area contributed by atoms with Crippen LogP contribution in [0.15, 0.2) is 83.8 Å². The highest BCUT2D eigenvalue weighted by atomic mass is 32.2. The molecule has 0 aliphatic heterocycles. The zero-order chi connectivity index (χ0) is 17.7. The van der Waals surface area contributed by atoms with Gasteiger partial charge in [0.15, 0.2) is 0 Å². The van der Waals surface area contributed by atoms with Gasteiger partial charge in [-0.3, -0.25) is 0 Å². The minimum Gasteiger partial charge on any atom is -0.457 e. The minimum atomic E-state index is -3.66. The molecule has 0 atom stereocenters. The van der Waals surface area contributed by atoms with Crippen LogP contribution in [-0.4, -0.2) is 8.42 Å². The van der Waals surface area contributed by atoms with Gasteiger partial charge in [-0.15, -0.1) is 0 Å². The highest BCUT2D eigenvalue weighted by Crippen LogP contribution is 2.22. The van der Waals surface area contributed by atoms with Crippen LogP contribution < -0.4 is 9.46 Å². The molecule has 0 saturated heterocycles. The highest BCUT2D eigenvalue weighted by molar-refractivity contribution is 7.89. The fraction of sp³-hybridized carbons (Fsp3) is 0.0526. The van der Waals surface area contributed by atoms with Crippen LogP contribution >= 0.6 is 0 Å². The van der Waals surface area contributed by atoms with Crippen molar-refractivity contribution >= 4 is 10.0 Å². The lowest BCUT2D eigenvalue weighted by Gasteiger charge is -2.09. The van der Waals surface area contributed by atoms with Crippen LogP contribution in [0.4, 0.5) is 4.39 Å². The van der Waals surface area contributed by atoms with Crippen molar-refractivity contribution < 1.29 is 17.5 Å². The molecular weight excluding hydrogens is 341 g/mol. The minimum absolute atomic E-state index is 0.0882. The van der Waals surface area contributed by atoms with Crippen molar-refractivity contribution in [3.8, 4) is 11.5 Å². The Kier molecular flexibility index (Phi) is 5.11. The van der Waals surface area contributed by atoms with Crippen molar-refractivity contribution in [2.75, 3.05) is 0 Å². The second kappa shape index (κ2) is 7.46. The Labute approximate surface area is 146 Å². The van der Waals surface area contributed by atoms with Gasteiger partial charge in [-0.05, 0) is 54.1 Å². The summed E-state index contributed by atoms with van der Waals surface area (Å²) in [4.78, 5) is 0.134. The van der Waals surface area contributed by atoms with E-state index in [0.717, 1.165) is 0 Å². The van der Waals surface area contributed by atoms with Gasteiger partial charge in [0.2, 0.25) is 10.0 Å². The number of para-hydroxylation sites is 1. The van der Waals surface area contributed by atoms with E-state index in [1.165, 1.54) is 36.4 Å². The molecule has 1 N–H and O–H groups in total. The van der Waals surface area contributed by atoms with E-state index in [4.69, 9.17) is 4.74 Å². The van der Waals surface area contributed by atoms with E-state index in [9.17, 15) is 12.8 Å². The van der Waals surface area contributed by atoms with Crippen LogP contribution in [0.5, 0.6) is 11.5 Å². The Hall–Kier alpha value is -2.70. The van der Waals surface area contributed by atoms with Crippen molar-refractivity contribution in [2.45, 2.75) is 11.4 Å². The quantitative estimate of drug-likeness (QED) is 0.723. The molecule has 3 aromatic carbocycles.